The first-order valence-corrected chi connectivity index (χ1v) is 33.6. The first-order chi connectivity index (χ1) is 35.9. The second-order valence-electron chi connectivity index (χ2n) is 23.3. The minimum Gasteiger partial charge on any atom is -0.756 e. The zero-order valence-electron chi connectivity index (χ0n) is 50.1. The number of carbonyl (C=O) groups excluding carboxylic acids is 2. The van der Waals surface area contributed by atoms with Gasteiger partial charge in [0, 0.05) is 12.8 Å². The molecule has 0 aromatic carbocycles. The van der Waals surface area contributed by atoms with Gasteiger partial charge in [-0.05, 0) is 57.4 Å². The Hall–Kier alpha value is -1.51. The first-order valence-electron chi connectivity index (χ1n) is 32.1. The van der Waals surface area contributed by atoms with E-state index in [4.69, 9.17) is 13.8 Å². The second kappa shape index (κ2) is 54.8. The fraction of sp³-hybridized carbons (Fsp3) is 0.906. The van der Waals surface area contributed by atoms with Crippen molar-refractivity contribution in [2.24, 2.45) is 0 Å². The lowest BCUT2D eigenvalue weighted by molar-refractivity contribution is -0.870. The lowest BCUT2D eigenvalue weighted by atomic mass is 10.0. The summed E-state index contributed by atoms with van der Waals surface area (Å²) in [6.45, 7) is 6.88. The number of phosphoric ester groups is 1. The van der Waals surface area contributed by atoms with E-state index in [1.54, 1.807) is 0 Å². The number of ether oxygens (including phenoxy) is 1. The Bertz CT molecular complexity index is 1320. The van der Waals surface area contributed by atoms with E-state index in [1.165, 1.54) is 231 Å². The van der Waals surface area contributed by atoms with Gasteiger partial charge in [-0.2, -0.15) is 0 Å². The molecule has 438 valence electrons. The average molecular weight is 1070 g/mol. The summed E-state index contributed by atoms with van der Waals surface area (Å²) in [5.74, 6) is -0.524. The molecule has 74 heavy (non-hydrogen) atoms. The highest BCUT2D eigenvalue weighted by molar-refractivity contribution is 7.45. The molecule has 0 heterocycles. The van der Waals surface area contributed by atoms with Crippen molar-refractivity contribution in [3.63, 3.8) is 0 Å². The maximum atomic E-state index is 13.5. The van der Waals surface area contributed by atoms with Crippen LogP contribution in [0.15, 0.2) is 24.3 Å². The standard InChI is InChI=1S/C64H125N2O7P/c1-7-10-13-16-19-22-25-28-30-31-32-33-34-35-37-39-42-45-48-51-54-57-64(68)73-62(55-52-49-46-43-40-27-24-21-18-15-12-9-3)61(60-72-74(69,70)71-59-58-66(4,5)6)65-63(67)56-53-50-47-44-41-38-36-29-26-23-20-17-14-11-8-2/h28,30,52,55,61-62H,7-27,29,31-51,53-54,56-60H2,1-6H3,(H-,65,67,69,70)/b30-28+,55-52+. The van der Waals surface area contributed by atoms with Crippen LogP contribution in [0.4, 0.5) is 0 Å². The zero-order valence-corrected chi connectivity index (χ0v) is 51.0. The van der Waals surface area contributed by atoms with Crippen molar-refractivity contribution in [1.82, 2.24) is 5.32 Å². The van der Waals surface area contributed by atoms with E-state index in [2.05, 4.69) is 38.2 Å². The van der Waals surface area contributed by atoms with E-state index in [9.17, 15) is 19.0 Å². The van der Waals surface area contributed by atoms with E-state index in [1.807, 2.05) is 33.3 Å². The van der Waals surface area contributed by atoms with Crippen molar-refractivity contribution in [2.45, 2.75) is 335 Å². The molecule has 0 fully saturated rings. The number of hydrogen-bond donors (Lipinski definition) is 1. The van der Waals surface area contributed by atoms with Crippen LogP contribution in [0.5, 0.6) is 0 Å². The Morgan fingerprint density at radius 2 is 0.784 bits per heavy atom. The molecule has 3 unspecified atom stereocenters. The number of rotatable bonds is 59. The van der Waals surface area contributed by atoms with Gasteiger partial charge in [0.2, 0.25) is 5.91 Å². The Morgan fingerprint density at radius 3 is 1.15 bits per heavy atom. The van der Waals surface area contributed by atoms with E-state index >= 15 is 0 Å². The molecule has 10 heteroatoms. The molecule has 0 spiro atoms. The number of quaternary nitrogens is 1. The molecule has 3 atom stereocenters. The molecule has 0 aliphatic heterocycles. The lowest BCUT2D eigenvalue weighted by Crippen LogP contribution is -2.47. The molecule has 0 saturated heterocycles. The number of esters is 1. The van der Waals surface area contributed by atoms with Gasteiger partial charge >= 0.3 is 5.97 Å². The third-order valence-corrected chi connectivity index (χ3v) is 15.6. The molecule has 0 aliphatic rings. The Balaban J connectivity index is 5.16. The van der Waals surface area contributed by atoms with Crippen LogP contribution in [0.3, 0.4) is 0 Å². The highest BCUT2D eigenvalue weighted by Crippen LogP contribution is 2.38. The van der Waals surface area contributed by atoms with Gasteiger partial charge in [-0.3, -0.25) is 14.2 Å². The van der Waals surface area contributed by atoms with Gasteiger partial charge in [0.25, 0.3) is 7.82 Å². The number of unbranched alkanes of at least 4 members (excludes halogenated alkanes) is 41. The van der Waals surface area contributed by atoms with Gasteiger partial charge in [0.15, 0.2) is 0 Å². The number of phosphoric acid groups is 1. The number of hydrogen-bond acceptors (Lipinski definition) is 7. The molecule has 0 saturated carbocycles. The van der Waals surface area contributed by atoms with Gasteiger partial charge in [-0.15, -0.1) is 0 Å². The number of nitrogens with one attached hydrogen (secondary N) is 1. The molecule has 0 radical (unpaired) electrons. The summed E-state index contributed by atoms with van der Waals surface area (Å²) in [6.07, 6.45) is 64.3. The van der Waals surface area contributed by atoms with Gasteiger partial charge in [0.05, 0.1) is 33.8 Å². The summed E-state index contributed by atoms with van der Waals surface area (Å²) in [6, 6.07) is -0.882. The number of allylic oxidation sites excluding steroid dienone is 3. The molecule has 1 amide bonds. The molecular formula is C64H125N2O7P. The number of likely N-dealkylation sites (N-methyl/N-ethyl adjacent to an activating group) is 1. The predicted octanol–water partition coefficient (Wildman–Crippen LogP) is 19.1. The van der Waals surface area contributed by atoms with Crippen molar-refractivity contribution < 1.29 is 37.3 Å². The minimum absolute atomic E-state index is 0.0185. The van der Waals surface area contributed by atoms with Crippen molar-refractivity contribution in [3.05, 3.63) is 24.3 Å². The van der Waals surface area contributed by atoms with E-state index < -0.39 is 20.0 Å². The van der Waals surface area contributed by atoms with Crippen LogP contribution < -0.4 is 10.2 Å². The monoisotopic (exact) mass is 1060 g/mol. The predicted molar refractivity (Wildman–Crippen MR) is 317 cm³/mol. The third kappa shape index (κ3) is 55.3. The third-order valence-electron chi connectivity index (χ3n) is 14.6. The van der Waals surface area contributed by atoms with Crippen LogP contribution in [-0.2, 0) is 27.9 Å². The van der Waals surface area contributed by atoms with Gasteiger partial charge in [-0.1, -0.05) is 277 Å². The molecule has 1 N–H and O–H groups in total. The summed E-state index contributed by atoms with van der Waals surface area (Å²) in [5, 5.41) is 3.04. The van der Waals surface area contributed by atoms with Crippen LogP contribution in [0.2, 0.25) is 0 Å². The number of nitrogens with zero attached hydrogens (tertiary/aromatic N) is 1. The molecule has 9 nitrogen and oxygen atoms in total. The highest BCUT2D eigenvalue weighted by atomic mass is 31.2. The van der Waals surface area contributed by atoms with Gasteiger partial charge in [-0.25, -0.2) is 0 Å². The first kappa shape index (κ1) is 72.5. The fourth-order valence-electron chi connectivity index (χ4n) is 9.64. The van der Waals surface area contributed by atoms with Crippen molar-refractivity contribution >= 4 is 19.7 Å². The summed E-state index contributed by atoms with van der Waals surface area (Å²) in [7, 11) is 1.20. The Kier molecular flexibility index (Phi) is 53.7. The maximum absolute atomic E-state index is 13.5. The smallest absolute Gasteiger partial charge is 0.306 e. The summed E-state index contributed by atoms with van der Waals surface area (Å²) in [5.41, 5.74) is 0. The van der Waals surface area contributed by atoms with Gasteiger partial charge < -0.3 is 28.5 Å². The molecule has 0 aromatic rings. The van der Waals surface area contributed by atoms with Crippen molar-refractivity contribution in [2.75, 3.05) is 40.9 Å². The molecule has 0 rings (SSSR count). The number of carbonyl (C=O) groups is 2. The van der Waals surface area contributed by atoms with Crippen LogP contribution in [-0.4, -0.2) is 69.4 Å². The van der Waals surface area contributed by atoms with Crippen LogP contribution >= 0.6 is 7.82 Å². The largest absolute Gasteiger partial charge is 0.756 e. The van der Waals surface area contributed by atoms with Crippen LogP contribution in [0.1, 0.15) is 323 Å². The molecule has 0 bridgehead atoms. The van der Waals surface area contributed by atoms with Gasteiger partial charge in [0.1, 0.15) is 19.3 Å². The quantitative estimate of drug-likeness (QED) is 0.0212. The summed E-state index contributed by atoms with van der Waals surface area (Å²) in [4.78, 5) is 40.0. The van der Waals surface area contributed by atoms with E-state index in [0.29, 0.717) is 17.4 Å². The SMILES string of the molecule is CCCCCCCC/C=C/CCCCCCCCCCCCCC(=O)OC(/C=C/CCCCCCCCCCCC)C(COP(=O)([O-])OCC[N+](C)(C)C)NC(=O)CCCCCCCCCCCCCCCCC. The van der Waals surface area contributed by atoms with E-state index in [-0.39, 0.29) is 31.5 Å². The summed E-state index contributed by atoms with van der Waals surface area (Å²) < 4.78 is 30.3. The van der Waals surface area contributed by atoms with E-state index in [0.717, 1.165) is 57.8 Å². The van der Waals surface area contributed by atoms with Crippen molar-refractivity contribution in [1.29, 1.82) is 0 Å². The average Bonchev–Trinajstić information content (AvgIpc) is 3.36. The fourth-order valence-corrected chi connectivity index (χ4v) is 10.4. The number of amides is 1. The van der Waals surface area contributed by atoms with Crippen LogP contribution in [0.25, 0.3) is 0 Å². The maximum Gasteiger partial charge on any atom is 0.306 e. The highest BCUT2D eigenvalue weighted by Gasteiger charge is 2.27. The summed E-state index contributed by atoms with van der Waals surface area (Å²) >= 11 is 0. The molecule has 0 aliphatic carbocycles. The molecule has 0 aromatic heterocycles. The minimum atomic E-state index is -4.69. The lowest BCUT2D eigenvalue weighted by Gasteiger charge is -2.30. The topological polar surface area (TPSA) is 114 Å². The molecular weight excluding hydrogens is 940 g/mol. The zero-order chi connectivity index (χ0) is 54.3. The second-order valence-corrected chi connectivity index (χ2v) is 24.7. The normalized spacial score (nSPS) is 13.8. The Labute approximate surface area is 460 Å². The Morgan fingerprint density at radius 1 is 0.459 bits per heavy atom. The van der Waals surface area contributed by atoms with Crippen molar-refractivity contribution in [3.8, 4) is 0 Å². The van der Waals surface area contributed by atoms with Crippen LogP contribution in [0, 0.1) is 0 Å².